The molecule has 0 unspecified atom stereocenters. The third kappa shape index (κ3) is 5.07. The molecule has 0 aliphatic carbocycles. The average Bonchev–Trinajstić information content (AvgIpc) is 2.59. The Bertz CT molecular complexity index is 786. The molecule has 0 fully saturated rings. The summed E-state index contributed by atoms with van der Waals surface area (Å²) < 4.78 is 9.49. The summed E-state index contributed by atoms with van der Waals surface area (Å²) in [5, 5.41) is 3.65. The Kier molecular flexibility index (Phi) is 7.66. The summed E-state index contributed by atoms with van der Waals surface area (Å²) >= 11 is 1.41. The number of aryl methyl sites for hydroxylation is 1. The van der Waals surface area contributed by atoms with Crippen LogP contribution in [0.4, 0.5) is 11.5 Å². The summed E-state index contributed by atoms with van der Waals surface area (Å²) in [6.07, 6.45) is 1.87. The molecular formula is C16H18ClN3O4S. The van der Waals surface area contributed by atoms with Crippen LogP contribution in [0.5, 0.6) is 0 Å². The minimum absolute atomic E-state index is 0. The van der Waals surface area contributed by atoms with E-state index in [9.17, 15) is 9.59 Å². The molecule has 0 radical (unpaired) electrons. The number of thioether (sulfide) groups is 1. The first-order chi connectivity index (χ1) is 11.5. The van der Waals surface area contributed by atoms with Gasteiger partial charge in [0, 0.05) is 11.8 Å². The molecule has 1 heterocycles. The van der Waals surface area contributed by atoms with Crippen LogP contribution in [0.1, 0.15) is 26.4 Å². The summed E-state index contributed by atoms with van der Waals surface area (Å²) in [5.74, 6) is -0.512. The number of halogens is 1. The summed E-state index contributed by atoms with van der Waals surface area (Å²) in [6, 6.07) is 6.27. The number of ether oxygens (including phenoxy) is 2. The van der Waals surface area contributed by atoms with Crippen molar-refractivity contribution in [2.24, 2.45) is 0 Å². The lowest BCUT2D eigenvalue weighted by atomic mass is 10.1. The van der Waals surface area contributed by atoms with Gasteiger partial charge in [0.25, 0.3) is 0 Å². The lowest BCUT2D eigenvalue weighted by molar-refractivity contribution is 0.0587. The number of hydrogen-bond donors (Lipinski definition) is 1. The van der Waals surface area contributed by atoms with Gasteiger partial charge in [-0.3, -0.25) is 0 Å². The van der Waals surface area contributed by atoms with Crippen LogP contribution in [0.3, 0.4) is 0 Å². The maximum absolute atomic E-state index is 11.9. The van der Waals surface area contributed by atoms with E-state index in [0.29, 0.717) is 22.2 Å². The Hall–Kier alpha value is -2.32. The molecule has 2 aromatic rings. The highest BCUT2D eigenvalue weighted by Crippen LogP contribution is 2.24. The normalized spacial score (nSPS) is 9.76. The van der Waals surface area contributed by atoms with Crippen LogP contribution in [0.2, 0.25) is 0 Å². The molecule has 25 heavy (non-hydrogen) atoms. The minimum atomic E-state index is -0.523. The van der Waals surface area contributed by atoms with Crippen LogP contribution >= 0.6 is 24.2 Å². The highest BCUT2D eigenvalue weighted by atomic mass is 35.5. The van der Waals surface area contributed by atoms with E-state index in [1.807, 2.05) is 13.2 Å². The molecule has 1 aromatic heterocycles. The van der Waals surface area contributed by atoms with Crippen LogP contribution in [0.15, 0.2) is 29.4 Å². The van der Waals surface area contributed by atoms with Crippen molar-refractivity contribution >= 4 is 47.6 Å². The van der Waals surface area contributed by atoms with E-state index in [0.717, 1.165) is 5.69 Å². The highest BCUT2D eigenvalue weighted by Gasteiger charge is 2.16. The van der Waals surface area contributed by atoms with Gasteiger partial charge in [-0.25, -0.2) is 19.6 Å². The monoisotopic (exact) mass is 383 g/mol. The van der Waals surface area contributed by atoms with Gasteiger partial charge in [0.1, 0.15) is 5.82 Å². The zero-order valence-corrected chi connectivity index (χ0v) is 15.8. The lowest BCUT2D eigenvalue weighted by Crippen LogP contribution is -2.09. The maximum Gasteiger partial charge on any atom is 0.339 e. The number of esters is 2. The minimum Gasteiger partial charge on any atom is -0.465 e. The Morgan fingerprint density at radius 3 is 2.36 bits per heavy atom. The van der Waals surface area contributed by atoms with Crippen molar-refractivity contribution in [3.63, 3.8) is 0 Å². The number of nitrogens with zero attached hydrogens (tertiary/aromatic N) is 2. The molecule has 0 amide bonds. The Balaban J connectivity index is 0.00000312. The molecule has 2 rings (SSSR count). The number of carbonyl (C=O) groups excluding carboxylic acids is 2. The number of benzene rings is 1. The molecule has 0 bridgehead atoms. The molecule has 7 nitrogen and oxygen atoms in total. The van der Waals surface area contributed by atoms with Crippen molar-refractivity contribution in [1.82, 2.24) is 9.97 Å². The van der Waals surface area contributed by atoms with Gasteiger partial charge in [-0.15, -0.1) is 12.4 Å². The fraction of sp³-hybridized carbons (Fsp3) is 0.250. The Labute approximate surface area is 155 Å². The first-order valence-corrected chi connectivity index (χ1v) is 8.18. The van der Waals surface area contributed by atoms with Crippen LogP contribution < -0.4 is 5.32 Å². The second-order valence-electron chi connectivity index (χ2n) is 4.75. The predicted octanol–water partition coefficient (Wildman–Crippen LogP) is 3.25. The van der Waals surface area contributed by atoms with Gasteiger partial charge in [-0.05, 0) is 31.4 Å². The quantitative estimate of drug-likeness (QED) is 0.478. The number of rotatable bonds is 5. The number of methoxy groups -OCH3 is 2. The van der Waals surface area contributed by atoms with Crippen molar-refractivity contribution in [3.05, 3.63) is 41.1 Å². The van der Waals surface area contributed by atoms with Crippen LogP contribution in [0, 0.1) is 6.92 Å². The second kappa shape index (κ2) is 9.24. The smallest absolute Gasteiger partial charge is 0.339 e. The van der Waals surface area contributed by atoms with Crippen molar-refractivity contribution in [2.75, 3.05) is 25.8 Å². The van der Waals surface area contributed by atoms with Crippen molar-refractivity contribution in [3.8, 4) is 0 Å². The molecule has 0 aliphatic heterocycles. The Morgan fingerprint density at radius 1 is 1.08 bits per heavy atom. The van der Waals surface area contributed by atoms with E-state index in [-0.39, 0.29) is 18.0 Å². The van der Waals surface area contributed by atoms with Gasteiger partial charge in [-0.2, -0.15) is 0 Å². The predicted molar refractivity (Wildman–Crippen MR) is 98.2 cm³/mol. The molecule has 0 atom stereocenters. The number of nitrogens with one attached hydrogen (secondary N) is 1. The van der Waals surface area contributed by atoms with E-state index in [2.05, 4.69) is 15.3 Å². The zero-order valence-electron chi connectivity index (χ0n) is 14.2. The van der Waals surface area contributed by atoms with Crippen molar-refractivity contribution in [2.45, 2.75) is 12.1 Å². The summed E-state index contributed by atoms with van der Waals surface area (Å²) in [4.78, 5) is 32.3. The molecule has 1 aromatic carbocycles. The molecule has 0 spiro atoms. The first kappa shape index (κ1) is 20.7. The van der Waals surface area contributed by atoms with Crippen LogP contribution in [-0.4, -0.2) is 42.4 Å². The number of carbonyl (C=O) groups is 2. The van der Waals surface area contributed by atoms with Crippen molar-refractivity contribution in [1.29, 1.82) is 0 Å². The van der Waals surface area contributed by atoms with Crippen LogP contribution in [-0.2, 0) is 9.47 Å². The molecule has 134 valence electrons. The number of hydrogen-bond acceptors (Lipinski definition) is 8. The summed E-state index contributed by atoms with van der Waals surface area (Å²) in [6.45, 7) is 1.85. The highest BCUT2D eigenvalue weighted by molar-refractivity contribution is 7.98. The molecule has 0 saturated carbocycles. The summed E-state index contributed by atoms with van der Waals surface area (Å²) in [5.41, 5.74) is 1.77. The number of aromatic nitrogens is 2. The molecule has 1 N–H and O–H groups in total. The van der Waals surface area contributed by atoms with Gasteiger partial charge in [0.05, 0.1) is 31.0 Å². The van der Waals surface area contributed by atoms with Gasteiger partial charge in [-0.1, -0.05) is 11.8 Å². The Morgan fingerprint density at radius 2 is 1.76 bits per heavy atom. The molecule has 9 heteroatoms. The SMILES string of the molecule is COC(=O)c1ccc(C(=O)OC)c(Nc2cc(C)nc(SC)n2)c1.Cl. The fourth-order valence-electron chi connectivity index (χ4n) is 2.02. The second-order valence-corrected chi connectivity index (χ2v) is 5.52. The topological polar surface area (TPSA) is 90.4 Å². The maximum atomic E-state index is 11.9. The third-order valence-electron chi connectivity index (χ3n) is 3.12. The van der Waals surface area contributed by atoms with Gasteiger partial charge in [0.15, 0.2) is 5.16 Å². The van der Waals surface area contributed by atoms with E-state index >= 15 is 0 Å². The van der Waals surface area contributed by atoms with E-state index in [1.165, 1.54) is 44.2 Å². The summed E-state index contributed by atoms with van der Waals surface area (Å²) in [7, 11) is 2.59. The largest absolute Gasteiger partial charge is 0.465 e. The van der Waals surface area contributed by atoms with Gasteiger partial charge in [0.2, 0.25) is 0 Å². The third-order valence-corrected chi connectivity index (χ3v) is 3.67. The fourth-order valence-corrected chi connectivity index (χ4v) is 2.44. The van der Waals surface area contributed by atoms with Crippen molar-refractivity contribution < 1.29 is 19.1 Å². The average molecular weight is 384 g/mol. The van der Waals surface area contributed by atoms with Gasteiger partial charge >= 0.3 is 11.9 Å². The number of anilines is 2. The zero-order chi connectivity index (χ0) is 17.7. The lowest BCUT2D eigenvalue weighted by Gasteiger charge is -2.12. The molecule has 0 saturated heterocycles. The van der Waals surface area contributed by atoms with Crippen LogP contribution in [0.25, 0.3) is 0 Å². The first-order valence-electron chi connectivity index (χ1n) is 6.96. The van der Waals surface area contributed by atoms with E-state index in [4.69, 9.17) is 9.47 Å². The van der Waals surface area contributed by atoms with Gasteiger partial charge < -0.3 is 14.8 Å². The van der Waals surface area contributed by atoms with E-state index in [1.54, 1.807) is 6.07 Å². The molecule has 0 aliphatic rings. The molecular weight excluding hydrogens is 366 g/mol. The van der Waals surface area contributed by atoms with E-state index < -0.39 is 11.9 Å². The standard InChI is InChI=1S/C16H17N3O4S.ClH/c1-9-7-13(19-16(17-9)24-4)18-12-8-10(14(20)22-2)5-6-11(12)15(21)23-3;/h5-8H,1-4H3,(H,17,18,19);1H.